The van der Waals surface area contributed by atoms with Crippen LogP contribution in [0.3, 0.4) is 0 Å². The Morgan fingerprint density at radius 2 is 1.49 bits per heavy atom. The average Bonchev–Trinajstić information content (AvgIpc) is 3.88. The van der Waals surface area contributed by atoms with Crippen LogP contribution in [0.25, 0.3) is 75.0 Å². The molecule has 4 heterocycles. The standard InChI is InChI=1S/C45H32N4OS/c1-2-10-26(11-3-1)43-47-44(27-21-23-40-35(24-27)30-13-5-7-19-39(30)51-40)49-45(48-43)28-20-22-34-37(25-28)46-36-17-9-14-31(41(34)36)33-16-8-15-32-29-12-4-6-18-38(29)50-42(32)33/h1-2,4-10,12-25,44-46,49H,3,11H2,(H,47,48). The number of aliphatic imine (C=N–C) groups is 1. The smallest absolute Gasteiger partial charge is 0.143 e. The number of nitrogens with one attached hydrogen (secondary N) is 3. The maximum Gasteiger partial charge on any atom is 0.143 e. The van der Waals surface area contributed by atoms with Gasteiger partial charge in [0.1, 0.15) is 29.3 Å². The number of hydrogen-bond donors (Lipinski definition) is 3. The molecule has 51 heavy (non-hydrogen) atoms. The van der Waals surface area contributed by atoms with E-state index in [4.69, 9.17) is 9.41 Å². The third-order valence-corrected chi connectivity index (χ3v) is 11.7. The minimum Gasteiger partial charge on any atom is -0.455 e. The Morgan fingerprint density at radius 1 is 0.667 bits per heavy atom. The number of benzene rings is 6. The first-order valence-corrected chi connectivity index (χ1v) is 18.4. The van der Waals surface area contributed by atoms with Gasteiger partial charge in [-0.3, -0.25) is 5.32 Å². The summed E-state index contributed by atoms with van der Waals surface area (Å²) in [5, 5.41) is 14.9. The number of allylic oxidation sites excluding steroid dienone is 3. The zero-order valence-electron chi connectivity index (χ0n) is 27.6. The molecule has 6 aromatic carbocycles. The lowest BCUT2D eigenvalue weighted by molar-refractivity contribution is 0.408. The Balaban J connectivity index is 1.02. The highest BCUT2D eigenvalue weighted by Crippen LogP contribution is 2.42. The van der Waals surface area contributed by atoms with Crippen LogP contribution < -0.4 is 10.6 Å². The van der Waals surface area contributed by atoms with E-state index in [-0.39, 0.29) is 12.3 Å². The number of H-pyrrole nitrogens is 1. The van der Waals surface area contributed by atoms with Crippen molar-refractivity contribution in [2.24, 2.45) is 4.99 Å². The molecule has 5 nitrogen and oxygen atoms in total. The van der Waals surface area contributed by atoms with Gasteiger partial charge in [0.15, 0.2) is 0 Å². The van der Waals surface area contributed by atoms with Crippen molar-refractivity contribution >= 4 is 81.1 Å². The Morgan fingerprint density at radius 3 is 2.43 bits per heavy atom. The lowest BCUT2D eigenvalue weighted by Gasteiger charge is -2.33. The van der Waals surface area contributed by atoms with Crippen LogP contribution in [0.2, 0.25) is 0 Å². The number of aromatic amines is 1. The molecule has 0 radical (unpaired) electrons. The molecule has 0 spiro atoms. The van der Waals surface area contributed by atoms with Crippen molar-refractivity contribution in [3.05, 3.63) is 156 Å². The van der Waals surface area contributed by atoms with Gasteiger partial charge in [-0.05, 0) is 71.5 Å². The number of fused-ring (bicyclic) bond motifs is 9. The fraction of sp³-hybridized carbons (Fsp3) is 0.0889. The highest BCUT2D eigenvalue weighted by Gasteiger charge is 2.27. The van der Waals surface area contributed by atoms with Crippen LogP contribution in [-0.4, -0.2) is 10.8 Å². The summed E-state index contributed by atoms with van der Waals surface area (Å²) in [7, 11) is 0. The summed E-state index contributed by atoms with van der Waals surface area (Å²) in [6.07, 6.45) is 8.24. The third kappa shape index (κ3) is 4.61. The number of para-hydroxylation sites is 2. The number of rotatable bonds is 4. The fourth-order valence-electron chi connectivity index (χ4n) is 8.12. The number of hydrogen-bond acceptors (Lipinski definition) is 5. The van der Waals surface area contributed by atoms with E-state index >= 15 is 0 Å². The van der Waals surface area contributed by atoms with E-state index in [1.54, 1.807) is 0 Å². The van der Waals surface area contributed by atoms with Gasteiger partial charge < -0.3 is 14.7 Å². The summed E-state index contributed by atoms with van der Waals surface area (Å²) in [6, 6.07) is 43.6. The largest absolute Gasteiger partial charge is 0.455 e. The molecule has 2 atom stereocenters. The maximum atomic E-state index is 6.47. The summed E-state index contributed by atoms with van der Waals surface area (Å²) in [4.78, 5) is 9.04. The van der Waals surface area contributed by atoms with Crippen LogP contribution in [0, 0.1) is 0 Å². The molecule has 0 bridgehead atoms. The predicted molar refractivity (Wildman–Crippen MR) is 213 cm³/mol. The van der Waals surface area contributed by atoms with Crippen LogP contribution in [0.5, 0.6) is 0 Å². The summed E-state index contributed by atoms with van der Waals surface area (Å²) in [5.41, 5.74) is 9.86. The minimum atomic E-state index is -0.199. The number of furan rings is 1. The average molecular weight is 677 g/mol. The summed E-state index contributed by atoms with van der Waals surface area (Å²) >= 11 is 1.85. The van der Waals surface area contributed by atoms with Crippen molar-refractivity contribution in [2.45, 2.75) is 25.2 Å². The van der Waals surface area contributed by atoms with E-state index in [0.29, 0.717) is 0 Å². The van der Waals surface area contributed by atoms with Crippen LogP contribution in [0.1, 0.15) is 36.3 Å². The van der Waals surface area contributed by atoms with E-state index in [2.05, 4.69) is 143 Å². The summed E-state index contributed by atoms with van der Waals surface area (Å²) < 4.78 is 9.09. The highest BCUT2D eigenvalue weighted by molar-refractivity contribution is 7.25. The van der Waals surface area contributed by atoms with Gasteiger partial charge in [-0.2, -0.15) is 0 Å². The van der Waals surface area contributed by atoms with Crippen molar-refractivity contribution < 1.29 is 4.42 Å². The molecule has 9 aromatic rings. The van der Waals surface area contributed by atoms with E-state index in [1.165, 1.54) is 36.5 Å². The molecule has 6 heteroatoms. The van der Waals surface area contributed by atoms with Crippen molar-refractivity contribution in [1.29, 1.82) is 0 Å². The third-order valence-electron chi connectivity index (χ3n) is 10.6. The second-order valence-corrected chi connectivity index (χ2v) is 14.7. The van der Waals surface area contributed by atoms with Gasteiger partial charge in [-0.1, -0.05) is 103 Å². The highest BCUT2D eigenvalue weighted by atomic mass is 32.1. The molecule has 0 fully saturated rings. The fourth-order valence-corrected chi connectivity index (χ4v) is 9.20. The van der Waals surface area contributed by atoms with Crippen LogP contribution in [-0.2, 0) is 0 Å². The van der Waals surface area contributed by atoms with E-state index in [1.807, 2.05) is 23.5 Å². The molecule has 1 aliphatic heterocycles. The van der Waals surface area contributed by atoms with Gasteiger partial charge in [0.25, 0.3) is 0 Å². The Bertz CT molecular complexity index is 2960. The van der Waals surface area contributed by atoms with Gasteiger partial charge in [0.05, 0.1) is 0 Å². The van der Waals surface area contributed by atoms with E-state index in [9.17, 15) is 0 Å². The van der Waals surface area contributed by atoms with Gasteiger partial charge in [0, 0.05) is 58.3 Å². The first kappa shape index (κ1) is 28.8. The first-order chi connectivity index (χ1) is 25.2. The number of nitrogens with zero attached hydrogens (tertiary/aromatic N) is 1. The first-order valence-electron chi connectivity index (χ1n) is 17.6. The van der Waals surface area contributed by atoms with Gasteiger partial charge in [-0.25, -0.2) is 4.99 Å². The van der Waals surface area contributed by atoms with Gasteiger partial charge >= 0.3 is 0 Å². The summed E-state index contributed by atoms with van der Waals surface area (Å²) in [6.45, 7) is 0. The summed E-state index contributed by atoms with van der Waals surface area (Å²) in [5.74, 6) is 0.960. The topological polar surface area (TPSA) is 65.3 Å². The van der Waals surface area contributed by atoms with Crippen LogP contribution in [0.15, 0.2) is 155 Å². The molecule has 1 aliphatic carbocycles. The van der Waals surface area contributed by atoms with E-state index < -0.39 is 0 Å². The molecule has 244 valence electrons. The monoisotopic (exact) mass is 676 g/mol. The molecule has 0 saturated carbocycles. The Kier molecular flexibility index (Phi) is 6.38. The second kappa shape index (κ2) is 11.3. The SMILES string of the molecule is C1=CCCC(C2=NC(c3ccc4sc5ccccc5c4c3)NC(c3ccc4c(c3)[nH]c3cccc(-c5cccc6c5oc5ccccc56)c34)N2)=C1. The van der Waals surface area contributed by atoms with Gasteiger partial charge in [0.2, 0.25) is 0 Å². The molecular weight excluding hydrogens is 645 g/mol. The predicted octanol–water partition coefficient (Wildman–Crippen LogP) is 11.8. The van der Waals surface area contributed by atoms with E-state index in [0.717, 1.165) is 73.9 Å². The zero-order chi connectivity index (χ0) is 33.5. The molecule has 0 amide bonds. The lowest BCUT2D eigenvalue weighted by Crippen LogP contribution is -2.45. The van der Waals surface area contributed by atoms with Crippen molar-refractivity contribution in [2.75, 3.05) is 0 Å². The molecule has 2 unspecified atom stereocenters. The molecular formula is C45H32N4OS. The van der Waals surface area contributed by atoms with Crippen molar-refractivity contribution in [1.82, 2.24) is 15.6 Å². The normalized spacial score (nSPS) is 17.9. The molecule has 11 rings (SSSR count). The second-order valence-electron chi connectivity index (χ2n) is 13.6. The molecule has 2 aliphatic rings. The number of thiophene rings is 1. The molecule has 3 N–H and O–H groups in total. The van der Waals surface area contributed by atoms with Gasteiger partial charge in [-0.15, -0.1) is 11.3 Å². The van der Waals surface area contributed by atoms with Crippen LogP contribution in [0.4, 0.5) is 0 Å². The lowest BCUT2D eigenvalue weighted by atomic mass is 9.97. The minimum absolute atomic E-state index is 0.135. The Labute approximate surface area is 297 Å². The van der Waals surface area contributed by atoms with Crippen molar-refractivity contribution in [3.8, 4) is 11.1 Å². The van der Waals surface area contributed by atoms with Crippen LogP contribution >= 0.6 is 11.3 Å². The quantitative estimate of drug-likeness (QED) is 0.174. The Hall–Kier alpha value is -5.95. The number of amidine groups is 1. The molecule has 3 aromatic heterocycles. The zero-order valence-corrected chi connectivity index (χ0v) is 28.4. The van der Waals surface area contributed by atoms with Crippen molar-refractivity contribution in [3.63, 3.8) is 0 Å². The molecule has 0 saturated heterocycles. The maximum absolute atomic E-state index is 6.47. The number of aromatic nitrogens is 1.